The van der Waals surface area contributed by atoms with E-state index in [9.17, 15) is 4.39 Å². The molecule has 0 bridgehead atoms. The molecule has 1 aliphatic rings. The predicted octanol–water partition coefficient (Wildman–Crippen LogP) is 6.49. The molecule has 0 saturated carbocycles. The van der Waals surface area contributed by atoms with E-state index in [-0.39, 0.29) is 28.8 Å². The van der Waals surface area contributed by atoms with Gasteiger partial charge in [0.25, 0.3) is 0 Å². The zero-order valence-corrected chi connectivity index (χ0v) is 20.4. The third kappa shape index (κ3) is 4.51. The molecule has 0 saturated heterocycles. The van der Waals surface area contributed by atoms with Gasteiger partial charge in [-0.2, -0.15) is 5.10 Å². The maximum atomic E-state index is 14.2. The molecule has 1 aliphatic heterocycles. The minimum absolute atomic E-state index is 0. The van der Waals surface area contributed by atoms with Gasteiger partial charge in [0.05, 0.1) is 31.9 Å². The van der Waals surface area contributed by atoms with Gasteiger partial charge in [0.1, 0.15) is 17.6 Å². The summed E-state index contributed by atoms with van der Waals surface area (Å²) in [5.74, 6) is 1.39. The van der Waals surface area contributed by atoms with Crippen molar-refractivity contribution in [3.8, 4) is 22.8 Å². The summed E-state index contributed by atoms with van der Waals surface area (Å²) in [5, 5.41) is 9.37. The molecule has 0 fully saturated rings. The summed E-state index contributed by atoms with van der Waals surface area (Å²) in [6.45, 7) is 0. The monoisotopic (exact) mass is 529 g/mol. The summed E-state index contributed by atoms with van der Waals surface area (Å²) in [5.41, 5.74) is 3.30. The average Bonchev–Trinajstić information content (AvgIpc) is 3.59. The highest BCUT2D eigenvalue weighted by Gasteiger charge is 2.33. The molecule has 6 nitrogen and oxygen atoms in total. The first-order chi connectivity index (χ1) is 15.7. The van der Waals surface area contributed by atoms with E-state index in [1.165, 1.54) is 24.5 Å². The number of methoxy groups -OCH3 is 2. The second-order valence-electron chi connectivity index (χ2n) is 7.22. The van der Waals surface area contributed by atoms with E-state index in [0.717, 1.165) is 22.8 Å². The SMILES string of the molecule is Br.COc1ccc(C2=NN(c3nc(-c4ccc(OC)c(F)c4)cs3)C(c3ccco3)C2)cc1. The van der Waals surface area contributed by atoms with Gasteiger partial charge in [0.2, 0.25) is 5.13 Å². The second-order valence-corrected chi connectivity index (χ2v) is 8.06. The number of hydrogen-bond donors (Lipinski definition) is 0. The Morgan fingerprint density at radius 1 is 1.06 bits per heavy atom. The Bertz CT molecular complexity index is 1260. The predicted molar refractivity (Wildman–Crippen MR) is 132 cm³/mol. The Kier molecular flexibility index (Phi) is 6.80. The van der Waals surface area contributed by atoms with Crippen molar-refractivity contribution in [3.05, 3.63) is 83.4 Å². The first-order valence-corrected chi connectivity index (χ1v) is 10.9. The molecule has 2 aromatic carbocycles. The standard InChI is InChI=1S/C24H20FN3O3S.BrH/c1-29-17-8-5-15(6-9-17)19-13-21(23-4-3-11-31-23)28(27-19)24-26-20(14-32-24)16-7-10-22(30-2)18(25)12-16;/h3-12,14,21H,13H2,1-2H3;1H. The molecule has 33 heavy (non-hydrogen) atoms. The molecule has 0 N–H and O–H groups in total. The first-order valence-electron chi connectivity index (χ1n) is 10.00. The minimum atomic E-state index is -0.422. The van der Waals surface area contributed by atoms with Crippen LogP contribution in [0.2, 0.25) is 0 Å². The van der Waals surface area contributed by atoms with Crippen LogP contribution in [0.25, 0.3) is 11.3 Å². The van der Waals surface area contributed by atoms with Crippen molar-refractivity contribution in [2.24, 2.45) is 5.10 Å². The van der Waals surface area contributed by atoms with Crippen LogP contribution in [0, 0.1) is 5.82 Å². The molecule has 5 rings (SSSR count). The molecule has 0 aliphatic carbocycles. The third-order valence-corrected chi connectivity index (χ3v) is 6.17. The van der Waals surface area contributed by atoms with Crippen LogP contribution in [-0.4, -0.2) is 24.9 Å². The molecule has 4 aromatic rings. The quantitative estimate of drug-likeness (QED) is 0.285. The van der Waals surface area contributed by atoms with Crippen molar-refractivity contribution < 1.29 is 18.3 Å². The number of hydrazone groups is 1. The number of aromatic nitrogens is 1. The Morgan fingerprint density at radius 2 is 1.85 bits per heavy atom. The molecule has 0 radical (unpaired) electrons. The lowest BCUT2D eigenvalue weighted by atomic mass is 10.0. The van der Waals surface area contributed by atoms with E-state index in [2.05, 4.69) is 0 Å². The van der Waals surface area contributed by atoms with Gasteiger partial charge in [-0.1, -0.05) is 0 Å². The normalized spacial score (nSPS) is 15.2. The van der Waals surface area contributed by atoms with E-state index in [1.807, 2.05) is 46.8 Å². The topological polar surface area (TPSA) is 60.1 Å². The Balaban J connectivity index is 0.00000259. The number of ether oxygens (including phenoxy) is 2. The maximum Gasteiger partial charge on any atom is 0.207 e. The largest absolute Gasteiger partial charge is 0.497 e. The highest BCUT2D eigenvalue weighted by molar-refractivity contribution is 8.93. The van der Waals surface area contributed by atoms with Crippen molar-refractivity contribution in [1.29, 1.82) is 0 Å². The molecular weight excluding hydrogens is 509 g/mol. The van der Waals surface area contributed by atoms with Crippen molar-refractivity contribution in [3.63, 3.8) is 0 Å². The number of nitrogens with zero attached hydrogens (tertiary/aromatic N) is 3. The lowest BCUT2D eigenvalue weighted by molar-refractivity contribution is 0.386. The highest BCUT2D eigenvalue weighted by atomic mass is 79.9. The third-order valence-electron chi connectivity index (χ3n) is 5.34. The van der Waals surface area contributed by atoms with Gasteiger partial charge >= 0.3 is 0 Å². The average molecular weight is 530 g/mol. The minimum Gasteiger partial charge on any atom is -0.497 e. The summed E-state index contributed by atoms with van der Waals surface area (Å²) < 4.78 is 30.2. The van der Waals surface area contributed by atoms with Crippen LogP contribution in [0.1, 0.15) is 23.8 Å². The van der Waals surface area contributed by atoms with Crippen molar-refractivity contribution in [2.45, 2.75) is 12.5 Å². The van der Waals surface area contributed by atoms with Gasteiger partial charge in [-0.25, -0.2) is 14.4 Å². The molecule has 2 aromatic heterocycles. The molecule has 9 heteroatoms. The molecule has 0 spiro atoms. The van der Waals surface area contributed by atoms with Crippen molar-refractivity contribution in [2.75, 3.05) is 19.2 Å². The number of hydrogen-bond acceptors (Lipinski definition) is 7. The summed E-state index contributed by atoms with van der Waals surface area (Å²) in [6, 6.07) is 16.3. The summed E-state index contributed by atoms with van der Waals surface area (Å²) in [6.07, 6.45) is 2.33. The molecule has 170 valence electrons. The van der Waals surface area contributed by atoms with Crippen LogP contribution in [0.15, 0.2) is 75.8 Å². The van der Waals surface area contributed by atoms with Crippen LogP contribution in [0.5, 0.6) is 11.5 Å². The van der Waals surface area contributed by atoms with Crippen LogP contribution in [0.3, 0.4) is 0 Å². The molecular formula is C24H21BrFN3O3S. The second kappa shape index (κ2) is 9.76. The lowest BCUT2D eigenvalue weighted by Gasteiger charge is -2.18. The maximum absolute atomic E-state index is 14.2. The summed E-state index contributed by atoms with van der Waals surface area (Å²) in [4.78, 5) is 4.74. The Morgan fingerprint density at radius 3 is 2.52 bits per heavy atom. The fourth-order valence-corrected chi connectivity index (χ4v) is 4.51. The van der Waals surface area contributed by atoms with Gasteiger partial charge in [-0.05, 0) is 60.2 Å². The number of anilines is 1. The highest BCUT2D eigenvalue weighted by Crippen LogP contribution is 2.40. The van der Waals surface area contributed by atoms with Gasteiger partial charge in [-0.15, -0.1) is 28.3 Å². The van der Waals surface area contributed by atoms with Crippen molar-refractivity contribution >= 4 is 39.2 Å². The van der Waals surface area contributed by atoms with Gasteiger partial charge in [-0.3, -0.25) is 0 Å². The number of benzene rings is 2. The Labute approximate surface area is 205 Å². The summed E-state index contributed by atoms with van der Waals surface area (Å²) >= 11 is 1.45. The zero-order valence-electron chi connectivity index (χ0n) is 17.9. The number of rotatable bonds is 6. The van der Waals surface area contributed by atoms with E-state index in [0.29, 0.717) is 22.8 Å². The molecule has 1 unspecified atom stereocenters. The Hall–Kier alpha value is -3.17. The van der Waals surface area contributed by atoms with Gasteiger partial charge in [0, 0.05) is 17.4 Å². The smallest absolute Gasteiger partial charge is 0.207 e. The van der Waals surface area contributed by atoms with Crippen molar-refractivity contribution in [1.82, 2.24) is 4.98 Å². The number of thiazole rings is 1. The van der Waals surface area contributed by atoms with Gasteiger partial charge in [0.15, 0.2) is 11.6 Å². The number of furan rings is 1. The fourth-order valence-electron chi connectivity index (χ4n) is 3.68. The summed E-state index contributed by atoms with van der Waals surface area (Å²) in [7, 11) is 3.09. The van der Waals surface area contributed by atoms with Crippen LogP contribution in [-0.2, 0) is 0 Å². The van der Waals surface area contributed by atoms with E-state index < -0.39 is 5.82 Å². The first kappa shape index (κ1) is 23.0. The molecule has 1 atom stereocenters. The van der Waals surface area contributed by atoms with Crippen LogP contribution < -0.4 is 14.5 Å². The molecule has 0 amide bonds. The van der Waals surface area contributed by atoms with E-state index in [1.54, 1.807) is 25.5 Å². The zero-order chi connectivity index (χ0) is 22.1. The lowest BCUT2D eigenvalue weighted by Crippen LogP contribution is -2.17. The van der Waals surface area contributed by atoms with Crippen LogP contribution in [0.4, 0.5) is 9.52 Å². The number of halogens is 2. The molecule has 3 heterocycles. The van der Waals surface area contributed by atoms with Crippen LogP contribution >= 0.6 is 28.3 Å². The fraction of sp³-hybridized carbons (Fsp3) is 0.167. The van der Waals surface area contributed by atoms with E-state index >= 15 is 0 Å². The van der Waals surface area contributed by atoms with E-state index in [4.69, 9.17) is 24.0 Å². The van der Waals surface area contributed by atoms with Gasteiger partial charge < -0.3 is 13.9 Å².